The zero-order chi connectivity index (χ0) is 24.3. The Labute approximate surface area is 212 Å². The zero-order valence-electron chi connectivity index (χ0n) is 21.3. The van der Waals surface area contributed by atoms with Gasteiger partial charge in [-0.1, -0.05) is 154 Å². The minimum atomic E-state index is -1.74. The van der Waals surface area contributed by atoms with Gasteiger partial charge in [-0.25, -0.2) is 0 Å². The molecule has 176 valence electrons. The van der Waals surface area contributed by atoms with Crippen molar-refractivity contribution in [1.82, 2.24) is 0 Å². The van der Waals surface area contributed by atoms with Gasteiger partial charge < -0.3 is 0 Å². The average molecular weight is 473 g/mol. The Balaban J connectivity index is 1.96. The van der Waals surface area contributed by atoms with Crippen LogP contribution in [0.4, 0.5) is 0 Å². The van der Waals surface area contributed by atoms with E-state index in [0.717, 1.165) is 6.42 Å². The molecule has 1 unspecified atom stereocenters. The number of fused-ring (bicyclic) bond motifs is 1. The van der Waals surface area contributed by atoms with E-state index >= 15 is 0 Å². The van der Waals surface area contributed by atoms with Gasteiger partial charge in [0.05, 0.1) is 13.5 Å². The second-order valence-corrected chi connectivity index (χ2v) is 15.1. The Hall–Kier alpha value is -3.16. The summed E-state index contributed by atoms with van der Waals surface area (Å²) in [6.07, 6.45) is 0.963. The first-order valence-corrected chi connectivity index (χ1v) is 15.8. The van der Waals surface area contributed by atoms with Gasteiger partial charge in [-0.3, -0.25) is 0 Å². The Bertz CT molecular complexity index is 1290. The van der Waals surface area contributed by atoms with Gasteiger partial charge in [0.15, 0.2) is 0 Å². The van der Waals surface area contributed by atoms with Crippen LogP contribution in [0.5, 0.6) is 0 Å². The van der Waals surface area contributed by atoms with Gasteiger partial charge in [-0.05, 0) is 45.0 Å². The number of benzene rings is 4. The van der Waals surface area contributed by atoms with Crippen LogP contribution in [0.3, 0.4) is 0 Å². The molecular weight excluding hydrogens is 436 g/mol. The lowest BCUT2D eigenvalue weighted by atomic mass is 9.66. The number of rotatable bonds is 8. The summed E-state index contributed by atoms with van der Waals surface area (Å²) < 4.78 is 0. The van der Waals surface area contributed by atoms with E-state index in [0.29, 0.717) is 0 Å². The van der Waals surface area contributed by atoms with Crippen molar-refractivity contribution < 1.29 is 0 Å². The Morgan fingerprint density at radius 2 is 1.09 bits per heavy atom. The smallest absolute Gasteiger partial charge is 0.0675 e. The summed E-state index contributed by atoms with van der Waals surface area (Å²) in [5, 5.41) is 1.70. The molecule has 0 radical (unpaired) electrons. The van der Waals surface area contributed by atoms with Crippen LogP contribution in [0, 0.1) is 0 Å². The summed E-state index contributed by atoms with van der Waals surface area (Å²) in [6.45, 7) is 7.32. The largest absolute Gasteiger partial charge is 0.0871 e. The molecule has 0 N–H and O–H groups in total. The maximum absolute atomic E-state index is 2.44. The zero-order valence-corrected chi connectivity index (χ0v) is 22.3. The van der Waals surface area contributed by atoms with E-state index in [2.05, 4.69) is 136 Å². The molecule has 1 aliphatic rings. The van der Waals surface area contributed by atoms with Crippen molar-refractivity contribution in [3.63, 3.8) is 0 Å². The second kappa shape index (κ2) is 9.83. The minimum Gasteiger partial charge on any atom is -0.0675 e. The molecule has 5 rings (SSSR count). The van der Waals surface area contributed by atoms with E-state index in [1.54, 1.807) is 10.8 Å². The highest BCUT2D eigenvalue weighted by Gasteiger charge is 2.51. The monoisotopic (exact) mass is 472 g/mol. The summed E-state index contributed by atoms with van der Waals surface area (Å²) in [5.74, 6) is 0. The molecule has 0 bridgehead atoms. The van der Waals surface area contributed by atoms with Crippen molar-refractivity contribution in [2.45, 2.75) is 50.7 Å². The van der Waals surface area contributed by atoms with Crippen LogP contribution in [0.15, 0.2) is 115 Å². The Morgan fingerprint density at radius 1 is 0.571 bits per heavy atom. The molecule has 0 aromatic heterocycles. The highest BCUT2D eigenvalue weighted by atomic mass is 28.3. The van der Waals surface area contributed by atoms with Crippen LogP contribution in [0.1, 0.15) is 48.6 Å². The first-order chi connectivity index (χ1) is 17.2. The maximum Gasteiger partial charge on any atom is 0.0871 e. The van der Waals surface area contributed by atoms with Gasteiger partial charge in [-0.2, -0.15) is 0 Å². The van der Waals surface area contributed by atoms with E-state index in [9.17, 15) is 0 Å². The molecule has 1 aliphatic carbocycles. The minimum absolute atomic E-state index is 0.215. The van der Waals surface area contributed by atoms with Crippen molar-refractivity contribution in [3.05, 3.63) is 143 Å². The molecule has 0 aliphatic heterocycles. The van der Waals surface area contributed by atoms with Gasteiger partial charge in [0.2, 0.25) is 0 Å². The molecule has 0 nitrogen and oxygen atoms in total. The molecule has 0 heterocycles. The van der Waals surface area contributed by atoms with Gasteiger partial charge in [0, 0.05) is 0 Å². The molecule has 0 saturated heterocycles. The fourth-order valence-corrected chi connectivity index (χ4v) is 10.8. The topological polar surface area (TPSA) is 0 Å². The van der Waals surface area contributed by atoms with Gasteiger partial charge in [0.25, 0.3) is 0 Å². The summed E-state index contributed by atoms with van der Waals surface area (Å²) >= 11 is 0. The average Bonchev–Trinajstić information content (AvgIpc) is 3.23. The first kappa shape index (κ1) is 23.6. The molecule has 0 saturated carbocycles. The van der Waals surface area contributed by atoms with Gasteiger partial charge in [-0.15, -0.1) is 0 Å². The van der Waals surface area contributed by atoms with E-state index in [1.165, 1.54) is 45.9 Å². The highest BCUT2D eigenvalue weighted by molar-refractivity contribution is 6.98. The predicted molar refractivity (Wildman–Crippen MR) is 154 cm³/mol. The third kappa shape index (κ3) is 3.83. The van der Waals surface area contributed by atoms with Crippen LogP contribution in [-0.2, 0) is 11.8 Å². The summed E-state index contributed by atoms with van der Waals surface area (Å²) in [7, 11) is -1.74. The maximum atomic E-state index is 2.44. The molecule has 4 aromatic rings. The predicted octanol–water partition coefficient (Wildman–Crippen LogP) is 9.19. The van der Waals surface area contributed by atoms with Crippen molar-refractivity contribution in [3.8, 4) is 0 Å². The van der Waals surface area contributed by atoms with Gasteiger partial charge >= 0.3 is 0 Å². The van der Waals surface area contributed by atoms with Crippen LogP contribution in [0.25, 0.3) is 10.8 Å². The lowest BCUT2D eigenvalue weighted by Gasteiger charge is -2.37. The standard InChI is InChI=1S/C34H36Si/c1-4-35(5-2,6-3)33-30-24-16-17-25-31(30)34(29-22-14-9-15-23-29,26-27-18-10-7-11-19-27)32(33)28-20-12-8-13-21-28/h7-25H,4-6,26H2,1-3H3. The van der Waals surface area contributed by atoms with Gasteiger partial charge in [0.1, 0.15) is 0 Å². The summed E-state index contributed by atoms with van der Waals surface area (Å²) in [4.78, 5) is 0. The lowest BCUT2D eigenvalue weighted by Crippen LogP contribution is -2.35. The van der Waals surface area contributed by atoms with E-state index in [4.69, 9.17) is 0 Å². The quantitative estimate of drug-likeness (QED) is 0.224. The van der Waals surface area contributed by atoms with Crippen molar-refractivity contribution in [1.29, 1.82) is 0 Å². The van der Waals surface area contributed by atoms with Crippen molar-refractivity contribution in [2.75, 3.05) is 0 Å². The molecule has 0 amide bonds. The van der Waals surface area contributed by atoms with Crippen LogP contribution >= 0.6 is 0 Å². The van der Waals surface area contributed by atoms with E-state index < -0.39 is 8.07 Å². The SMILES string of the molecule is CC[Si](CC)(CC)C1=C(c2ccccc2)C(Cc2ccccc2)(c2ccccc2)c2ccccc21. The Kier molecular flexibility index (Phi) is 6.62. The third-order valence-electron chi connectivity index (χ3n) is 8.53. The molecular formula is C34H36Si. The molecule has 1 heteroatoms. The molecule has 1 atom stereocenters. The van der Waals surface area contributed by atoms with Crippen molar-refractivity contribution in [2.24, 2.45) is 0 Å². The molecule has 4 aromatic carbocycles. The van der Waals surface area contributed by atoms with E-state index in [1.807, 2.05) is 0 Å². The molecule has 0 spiro atoms. The fraction of sp³-hybridized carbons (Fsp3) is 0.235. The Morgan fingerprint density at radius 3 is 1.69 bits per heavy atom. The van der Waals surface area contributed by atoms with Crippen molar-refractivity contribution >= 4 is 18.8 Å². The lowest BCUT2D eigenvalue weighted by molar-refractivity contribution is 0.667. The second-order valence-electron chi connectivity index (χ2n) is 9.94. The van der Waals surface area contributed by atoms with Crippen LogP contribution in [0.2, 0.25) is 18.1 Å². The number of hydrogen-bond acceptors (Lipinski definition) is 0. The normalized spacial score (nSPS) is 17.5. The number of allylic oxidation sites excluding steroid dienone is 1. The number of hydrogen-bond donors (Lipinski definition) is 0. The molecule has 0 fully saturated rings. The fourth-order valence-electron chi connectivity index (χ4n) is 6.59. The molecule has 35 heavy (non-hydrogen) atoms. The van der Waals surface area contributed by atoms with Crippen LogP contribution in [-0.4, -0.2) is 8.07 Å². The first-order valence-electron chi connectivity index (χ1n) is 13.2. The van der Waals surface area contributed by atoms with E-state index in [-0.39, 0.29) is 5.41 Å². The third-order valence-corrected chi connectivity index (χ3v) is 14.2. The van der Waals surface area contributed by atoms with Crippen LogP contribution < -0.4 is 0 Å². The highest BCUT2D eigenvalue weighted by Crippen LogP contribution is 2.59. The summed E-state index contributed by atoms with van der Waals surface area (Å²) in [6, 6.07) is 46.9. The summed E-state index contributed by atoms with van der Waals surface area (Å²) in [5.41, 5.74) is 8.50.